The van der Waals surface area contributed by atoms with Crippen molar-refractivity contribution < 1.29 is 0 Å². The van der Waals surface area contributed by atoms with Crippen LogP contribution in [0.5, 0.6) is 0 Å². The van der Waals surface area contributed by atoms with Gasteiger partial charge in [0.15, 0.2) is 5.82 Å². The molecular weight excluding hydrogens is 248 g/mol. The molecule has 0 saturated carbocycles. The average molecular weight is 268 g/mol. The SMILES string of the molecule is Cc1ccncc1-c1nc(C)c2c(n1)CCC(CN)C2. The van der Waals surface area contributed by atoms with Gasteiger partial charge in [-0.3, -0.25) is 4.98 Å². The van der Waals surface area contributed by atoms with Gasteiger partial charge in [-0.15, -0.1) is 0 Å². The zero-order valence-electron chi connectivity index (χ0n) is 12.1. The van der Waals surface area contributed by atoms with Gasteiger partial charge in [-0.1, -0.05) is 0 Å². The van der Waals surface area contributed by atoms with E-state index in [1.165, 1.54) is 11.3 Å². The number of aryl methyl sites for hydroxylation is 3. The van der Waals surface area contributed by atoms with Gasteiger partial charge in [0.1, 0.15) is 0 Å². The minimum atomic E-state index is 0.579. The molecule has 2 aromatic rings. The molecule has 0 spiro atoms. The minimum absolute atomic E-state index is 0.579. The highest BCUT2D eigenvalue weighted by molar-refractivity contribution is 5.59. The van der Waals surface area contributed by atoms with Crippen LogP contribution in [0.3, 0.4) is 0 Å². The Morgan fingerprint density at radius 1 is 1.30 bits per heavy atom. The molecule has 20 heavy (non-hydrogen) atoms. The van der Waals surface area contributed by atoms with Gasteiger partial charge >= 0.3 is 0 Å². The Balaban J connectivity index is 2.05. The summed E-state index contributed by atoms with van der Waals surface area (Å²) in [6.45, 7) is 4.90. The van der Waals surface area contributed by atoms with E-state index in [9.17, 15) is 0 Å². The van der Waals surface area contributed by atoms with Crippen LogP contribution >= 0.6 is 0 Å². The predicted octanol–water partition coefficient (Wildman–Crippen LogP) is 2.22. The second-order valence-electron chi connectivity index (χ2n) is 5.59. The number of nitrogens with two attached hydrogens (primary N) is 1. The quantitative estimate of drug-likeness (QED) is 0.907. The summed E-state index contributed by atoms with van der Waals surface area (Å²) in [6.07, 6.45) is 6.81. The van der Waals surface area contributed by atoms with Crippen LogP contribution in [0, 0.1) is 19.8 Å². The van der Waals surface area contributed by atoms with Gasteiger partial charge in [-0.05, 0) is 62.8 Å². The summed E-state index contributed by atoms with van der Waals surface area (Å²) in [4.78, 5) is 13.7. The van der Waals surface area contributed by atoms with Crippen LogP contribution in [0.4, 0.5) is 0 Å². The summed E-state index contributed by atoms with van der Waals surface area (Å²) in [7, 11) is 0. The maximum atomic E-state index is 5.80. The molecule has 2 N–H and O–H groups in total. The molecule has 3 rings (SSSR count). The van der Waals surface area contributed by atoms with E-state index in [2.05, 4.69) is 18.8 Å². The molecule has 0 aromatic carbocycles. The summed E-state index contributed by atoms with van der Waals surface area (Å²) in [6, 6.07) is 2.00. The van der Waals surface area contributed by atoms with Gasteiger partial charge in [0.2, 0.25) is 0 Å². The summed E-state index contributed by atoms with van der Waals surface area (Å²) in [5.41, 5.74) is 11.6. The first-order valence-corrected chi connectivity index (χ1v) is 7.16. The Morgan fingerprint density at radius 3 is 2.90 bits per heavy atom. The molecule has 0 radical (unpaired) electrons. The number of rotatable bonds is 2. The normalized spacial score (nSPS) is 17.9. The first-order chi connectivity index (χ1) is 9.69. The Morgan fingerprint density at radius 2 is 2.15 bits per heavy atom. The van der Waals surface area contributed by atoms with Crippen molar-refractivity contribution in [3.63, 3.8) is 0 Å². The fourth-order valence-electron chi connectivity index (χ4n) is 2.88. The minimum Gasteiger partial charge on any atom is -0.330 e. The summed E-state index contributed by atoms with van der Waals surface area (Å²) in [5, 5.41) is 0. The van der Waals surface area contributed by atoms with Crippen LogP contribution in [-0.2, 0) is 12.8 Å². The third-order valence-corrected chi connectivity index (χ3v) is 4.20. The summed E-state index contributed by atoms with van der Waals surface area (Å²) in [5.74, 6) is 1.38. The number of nitrogens with zero attached hydrogens (tertiary/aromatic N) is 3. The molecule has 0 aliphatic heterocycles. The molecule has 104 valence electrons. The van der Waals surface area contributed by atoms with Crippen LogP contribution in [0.1, 0.15) is 28.9 Å². The summed E-state index contributed by atoms with van der Waals surface area (Å²) >= 11 is 0. The molecule has 1 atom stereocenters. The number of hydrogen-bond acceptors (Lipinski definition) is 4. The molecular formula is C16H20N4. The maximum Gasteiger partial charge on any atom is 0.161 e. The van der Waals surface area contributed by atoms with Crippen molar-refractivity contribution in [2.75, 3.05) is 6.54 Å². The van der Waals surface area contributed by atoms with Gasteiger partial charge in [0.05, 0.1) is 0 Å². The monoisotopic (exact) mass is 268 g/mol. The number of fused-ring (bicyclic) bond motifs is 1. The lowest BCUT2D eigenvalue weighted by atomic mass is 9.86. The van der Waals surface area contributed by atoms with Crippen LogP contribution in [0.15, 0.2) is 18.5 Å². The molecule has 1 aliphatic carbocycles. The predicted molar refractivity (Wildman–Crippen MR) is 79.3 cm³/mol. The molecule has 4 nitrogen and oxygen atoms in total. The third-order valence-electron chi connectivity index (χ3n) is 4.20. The van der Waals surface area contributed by atoms with Crippen LogP contribution in [0.25, 0.3) is 11.4 Å². The highest BCUT2D eigenvalue weighted by Gasteiger charge is 2.22. The van der Waals surface area contributed by atoms with Crippen molar-refractivity contribution in [1.29, 1.82) is 0 Å². The van der Waals surface area contributed by atoms with E-state index in [-0.39, 0.29) is 0 Å². The van der Waals surface area contributed by atoms with Crippen LogP contribution < -0.4 is 5.73 Å². The largest absolute Gasteiger partial charge is 0.330 e. The lowest BCUT2D eigenvalue weighted by Gasteiger charge is -2.24. The molecule has 0 saturated heterocycles. The smallest absolute Gasteiger partial charge is 0.161 e. The van der Waals surface area contributed by atoms with Crippen molar-refractivity contribution in [3.05, 3.63) is 41.0 Å². The first-order valence-electron chi connectivity index (χ1n) is 7.16. The van der Waals surface area contributed by atoms with Crippen LogP contribution in [0.2, 0.25) is 0 Å². The Labute approximate surface area is 119 Å². The van der Waals surface area contributed by atoms with Crippen molar-refractivity contribution in [1.82, 2.24) is 15.0 Å². The Bertz CT molecular complexity index is 636. The molecule has 0 bridgehead atoms. The van der Waals surface area contributed by atoms with Gasteiger partial charge in [-0.2, -0.15) is 0 Å². The zero-order chi connectivity index (χ0) is 14.1. The Kier molecular flexibility index (Phi) is 3.49. The molecule has 2 heterocycles. The number of aromatic nitrogens is 3. The molecule has 4 heteroatoms. The molecule has 1 unspecified atom stereocenters. The number of hydrogen-bond donors (Lipinski definition) is 1. The van der Waals surface area contributed by atoms with Gasteiger partial charge in [-0.25, -0.2) is 9.97 Å². The lowest BCUT2D eigenvalue weighted by molar-refractivity contribution is 0.460. The van der Waals surface area contributed by atoms with Crippen molar-refractivity contribution in [2.24, 2.45) is 11.7 Å². The molecule has 1 aliphatic rings. The van der Waals surface area contributed by atoms with Gasteiger partial charge < -0.3 is 5.73 Å². The maximum absolute atomic E-state index is 5.80. The standard InChI is InChI=1S/C16H20N4/c1-10-5-6-18-9-14(10)16-19-11(2)13-7-12(8-17)3-4-15(13)20-16/h5-6,9,12H,3-4,7-8,17H2,1-2H3. The topological polar surface area (TPSA) is 64.7 Å². The second-order valence-corrected chi connectivity index (χ2v) is 5.59. The third kappa shape index (κ3) is 2.31. The van der Waals surface area contributed by atoms with Crippen molar-refractivity contribution in [2.45, 2.75) is 33.1 Å². The molecule has 2 aromatic heterocycles. The number of pyridine rings is 1. The fourth-order valence-corrected chi connectivity index (χ4v) is 2.88. The summed E-state index contributed by atoms with van der Waals surface area (Å²) < 4.78 is 0. The second kappa shape index (κ2) is 5.29. The molecule has 0 amide bonds. The van der Waals surface area contributed by atoms with E-state index in [4.69, 9.17) is 15.7 Å². The molecule has 0 fully saturated rings. The van der Waals surface area contributed by atoms with E-state index in [0.29, 0.717) is 5.92 Å². The van der Waals surface area contributed by atoms with Crippen LogP contribution in [-0.4, -0.2) is 21.5 Å². The highest BCUT2D eigenvalue weighted by Crippen LogP contribution is 2.28. The fraction of sp³-hybridized carbons (Fsp3) is 0.438. The van der Waals surface area contributed by atoms with E-state index in [0.717, 1.165) is 48.5 Å². The first kappa shape index (κ1) is 13.2. The zero-order valence-corrected chi connectivity index (χ0v) is 12.1. The van der Waals surface area contributed by atoms with Gasteiger partial charge in [0, 0.05) is 29.3 Å². The highest BCUT2D eigenvalue weighted by atomic mass is 14.9. The lowest BCUT2D eigenvalue weighted by Crippen LogP contribution is -2.24. The van der Waals surface area contributed by atoms with Crippen molar-refractivity contribution in [3.8, 4) is 11.4 Å². The average Bonchev–Trinajstić information content (AvgIpc) is 2.47. The van der Waals surface area contributed by atoms with E-state index >= 15 is 0 Å². The van der Waals surface area contributed by atoms with E-state index in [1.807, 2.05) is 12.3 Å². The van der Waals surface area contributed by atoms with E-state index < -0.39 is 0 Å². The van der Waals surface area contributed by atoms with E-state index in [1.54, 1.807) is 6.20 Å². The van der Waals surface area contributed by atoms with Gasteiger partial charge in [0.25, 0.3) is 0 Å². The Hall–Kier alpha value is -1.81. The van der Waals surface area contributed by atoms with Crippen molar-refractivity contribution >= 4 is 0 Å².